The summed E-state index contributed by atoms with van der Waals surface area (Å²) in [6.07, 6.45) is 2.39. The number of amides is 2. The molecule has 0 radical (unpaired) electrons. The first-order chi connectivity index (χ1) is 14.4. The Hall–Kier alpha value is -2.48. The van der Waals surface area contributed by atoms with E-state index in [4.69, 9.17) is 23.2 Å². The van der Waals surface area contributed by atoms with E-state index in [1.165, 1.54) is 16.2 Å². The van der Waals surface area contributed by atoms with Crippen molar-refractivity contribution in [2.45, 2.75) is 20.3 Å². The zero-order valence-electron chi connectivity index (χ0n) is 16.5. The summed E-state index contributed by atoms with van der Waals surface area (Å²) in [5, 5.41) is 4.22. The Kier molecular flexibility index (Phi) is 7.42. The average Bonchev–Trinajstić information content (AvgIpc) is 3.12. The van der Waals surface area contributed by atoms with Crippen LogP contribution in [0, 0.1) is 6.92 Å². The first-order valence-corrected chi connectivity index (χ1v) is 10.9. The Morgan fingerprint density at radius 3 is 2.70 bits per heavy atom. The van der Waals surface area contributed by atoms with Crippen molar-refractivity contribution in [3.8, 4) is 10.7 Å². The molecule has 0 saturated heterocycles. The number of anilines is 1. The SMILES string of the molecule is CCCN(CC(=O)Nc1cc(Cl)ccc1Cl)C(=O)c1sc(-c2ccccn2)nc1C. The van der Waals surface area contributed by atoms with E-state index in [1.807, 2.05) is 25.1 Å². The molecule has 1 aromatic carbocycles. The van der Waals surface area contributed by atoms with Gasteiger partial charge in [0.2, 0.25) is 5.91 Å². The third-order valence-corrected chi connectivity index (χ3v) is 5.93. The zero-order chi connectivity index (χ0) is 21.7. The van der Waals surface area contributed by atoms with Crippen molar-refractivity contribution >= 4 is 52.0 Å². The Balaban J connectivity index is 1.77. The number of pyridine rings is 1. The Morgan fingerprint density at radius 2 is 2.00 bits per heavy atom. The highest BCUT2D eigenvalue weighted by Crippen LogP contribution is 2.28. The number of carbonyl (C=O) groups excluding carboxylic acids is 2. The van der Waals surface area contributed by atoms with Crippen LogP contribution >= 0.6 is 34.5 Å². The van der Waals surface area contributed by atoms with Crippen LogP contribution in [-0.2, 0) is 4.79 Å². The molecule has 9 heteroatoms. The third-order valence-electron chi connectivity index (χ3n) is 4.19. The molecule has 0 unspecified atom stereocenters. The lowest BCUT2D eigenvalue weighted by Gasteiger charge is -2.21. The predicted molar refractivity (Wildman–Crippen MR) is 121 cm³/mol. The zero-order valence-corrected chi connectivity index (χ0v) is 18.8. The van der Waals surface area contributed by atoms with E-state index in [9.17, 15) is 9.59 Å². The molecule has 2 amide bonds. The Morgan fingerprint density at radius 1 is 1.20 bits per heavy atom. The van der Waals surface area contributed by atoms with E-state index in [2.05, 4.69) is 15.3 Å². The van der Waals surface area contributed by atoms with Gasteiger partial charge in [0.05, 0.1) is 22.1 Å². The minimum absolute atomic E-state index is 0.105. The number of benzene rings is 1. The van der Waals surface area contributed by atoms with Crippen molar-refractivity contribution in [3.05, 3.63) is 63.2 Å². The summed E-state index contributed by atoms with van der Waals surface area (Å²) in [6, 6.07) is 10.4. The molecule has 0 atom stereocenters. The molecule has 6 nitrogen and oxygen atoms in total. The fraction of sp³-hybridized carbons (Fsp3) is 0.238. The van der Waals surface area contributed by atoms with E-state index >= 15 is 0 Å². The van der Waals surface area contributed by atoms with E-state index in [0.717, 1.165) is 0 Å². The average molecular weight is 463 g/mol. The van der Waals surface area contributed by atoms with Gasteiger partial charge in [0, 0.05) is 17.8 Å². The summed E-state index contributed by atoms with van der Waals surface area (Å²) in [5.41, 5.74) is 1.73. The molecular weight excluding hydrogens is 443 g/mol. The number of nitrogens with zero attached hydrogens (tertiary/aromatic N) is 3. The molecular formula is C21H20Cl2N4O2S. The first kappa shape index (κ1) is 22.2. The van der Waals surface area contributed by atoms with Crippen molar-refractivity contribution in [2.75, 3.05) is 18.4 Å². The highest BCUT2D eigenvalue weighted by molar-refractivity contribution is 7.17. The van der Waals surface area contributed by atoms with Gasteiger partial charge in [0.15, 0.2) is 0 Å². The van der Waals surface area contributed by atoms with E-state index in [-0.39, 0.29) is 18.4 Å². The fourth-order valence-electron chi connectivity index (χ4n) is 2.82. The van der Waals surface area contributed by atoms with Crippen LogP contribution in [0.2, 0.25) is 10.0 Å². The molecule has 30 heavy (non-hydrogen) atoms. The third kappa shape index (κ3) is 5.36. The lowest BCUT2D eigenvalue weighted by Crippen LogP contribution is -2.38. The Bertz CT molecular complexity index is 1060. The van der Waals surface area contributed by atoms with Crippen LogP contribution in [0.5, 0.6) is 0 Å². The molecule has 0 aliphatic heterocycles. The van der Waals surface area contributed by atoms with E-state index in [0.29, 0.717) is 50.0 Å². The molecule has 2 heterocycles. The summed E-state index contributed by atoms with van der Waals surface area (Å²) < 4.78 is 0. The second kappa shape index (κ2) is 10.0. The van der Waals surface area contributed by atoms with Gasteiger partial charge in [-0.25, -0.2) is 4.98 Å². The number of nitrogens with one attached hydrogen (secondary N) is 1. The molecule has 0 aliphatic rings. The minimum Gasteiger partial charge on any atom is -0.329 e. The monoisotopic (exact) mass is 462 g/mol. The van der Waals surface area contributed by atoms with Gasteiger partial charge < -0.3 is 10.2 Å². The highest BCUT2D eigenvalue weighted by Gasteiger charge is 2.24. The Labute approximate surface area is 188 Å². The smallest absolute Gasteiger partial charge is 0.266 e. The van der Waals surface area contributed by atoms with Gasteiger partial charge in [-0.3, -0.25) is 14.6 Å². The topological polar surface area (TPSA) is 75.2 Å². The van der Waals surface area contributed by atoms with Gasteiger partial charge in [-0.1, -0.05) is 36.2 Å². The number of aromatic nitrogens is 2. The molecule has 3 rings (SSSR count). The molecule has 0 aliphatic carbocycles. The van der Waals surface area contributed by atoms with Crippen LogP contribution in [0.1, 0.15) is 28.7 Å². The summed E-state index contributed by atoms with van der Waals surface area (Å²) in [4.78, 5) is 36.5. The van der Waals surface area contributed by atoms with Crippen molar-refractivity contribution in [1.29, 1.82) is 0 Å². The lowest BCUT2D eigenvalue weighted by atomic mass is 10.3. The second-order valence-corrected chi connectivity index (χ2v) is 8.39. The number of hydrogen-bond acceptors (Lipinski definition) is 5. The van der Waals surface area contributed by atoms with Crippen LogP contribution in [-0.4, -0.2) is 39.8 Å². The highest BCUT2D eigenvalue weighted by atomic mass is 35.5. The van der Waals surface area contributed by atoms with Crippen LogP contribution in [0.15, 0.2) is 42.6 Å². The van der Waals surface area contributed by atoms with Crippen molar-refractivity contribution in [2.24, 2.45) is 0 Å². The second-order valence-electron chi connectivity index (χ2n) is 6.55. The van der Waals surface area contributed by atoms with Crippen LogP contribution in [0.25, 0.3) is 10.7 Å². The number of thiazole rings is 1. The molecule has 2 aromatic heterocycles. The van der Waals surface area contributed by atoms with Gasteiger partial charge in [-0.15, -0.1) is 11.3 Å². The maximum atomic E-state index is 13.2. The van der Waals surface area contributed by atoms with Crippen LogP contribution in [0.3, 0.4) is 0 Å². The van der Waals surface area contributed by atoms with Crippen molar-refractivity contribution < 1.29 is 9.59 Å². The maximum absolute atomic E-state index is 13.2. The van der Waals surface area contributed by atoms with Crippen molar-refractivity contribution in [1.82, 2.24) is 14.9 Å². The normalized spacial score (nSPS) is 10.7. The lowest BCUT2D eigenvalue weighted by molar-refractivity contribution is -0.116. The standard InChI is InChI=1S/C21H20Cl2N4O2S/c1-3-10-27(12-18(28)26-17-11-14(22)7-8-15(17)23)21(29)19-13(2)25-20(30-19)16-6-4-5-9-24-16/h4-9,11H,3,10,12H2,1-2H3,(H,26,28). The van der Waals surface area contributed by atoms with Gasteiger partial charge in [-0.05, 0) is 43.7 Å². The molecule has 0 bridgehead atoms. The molecule has 3 aromatic rings. The number of rotatable bonds is 7. The first-order valence-electron chi connectivity index (χ1n) is 9.32. The quantitative estimate of drug-likeness (QED) is 0.515. The molecule has 0 saturated carbocycles. The largest absolute Gasteiger partial charge is 0.329 e. The summed E-state index contributed by atoms with van der Waals surface area (Å²) >= 11 is 13.4. The summed E-state index contributed by atoms with van der Waals surface area (Å²) in [5.74, 6) is -0.588. The number of aryl methyl sites for hydroxylation is 1. The van der Waals surface area contributed by atoms with Crippen molar-refractivity contribution in [3.63, 3.8) is 0 Å². The predicted octanol–water partition coefficient (Wildman–Crippen LogP) is 5.31. The minimum atomic E-state index is -0.354. The summed E-state index contributed by atoms with van der Waals surface area (Å²) in [7, 11) is 0. The van der Waals surface area contributed by atoms with E-state index < -0.39 is 0 Å². The van der Waals surface area contributed by atoms with Gasteiger partial charge in [0.25, 0.3) is 5.91 Å². The number of carbonyl (C=O) groups is 2. The molecule has 0 fully saturated rings. The van der Waals surface area contributed by atoms with Crippen LogP contribution in [0.4, 0.5) is 5.69 Å². The molecule has 156 valence electrons. The maximum Gasteiger partial charge on any atom is 0.266 e. The van der Waals surface area contributed by atoms with E-state index in [1.54, 1.807) is 31.3 Å². The fourth-order valence-corrected chi connectivity index (χ4v) is 4.16. The van der Waals surface area contributed by atoms with Gasteiger partial charge >= 0.3 is 0 Å². The summed E-state index contributed by atoms with van der Waals surface area (Å²) in [6.45, 7) is 4.06. The number of halogens is 2. The van der Waals surface area contributed by atoms with Crippen LogP contribution < -0.4 is 5.32 Å². The molecule has 1 N–H and O–H groups in total. The van der Waals surface area contributed by atoms with Gasteiger partial charge in [0.1, 0.15) is 16.4 Å². The number of hydrogen-bond donors (Lipinski definition) is 1. The van der Waals surface area contributed by atoms with Gasteiger partial charge in [-0.2, -0.15) is 0 Å². The molecule has 0 spiro atoms.